The predicted molar refractivity (Wildman–Crippen MR) is 125 cm³/mol. The van der Waals surface area contributed by atoms with Crippen LogP contribution in [0.1, 0.15) is 63.2 Å². The SMILES string of the molecule is CCOC(=O)c1c(C)c(C(=O)C(C)N(CCOC)C(=O)c2cccc(OC)c2)c(C)n1CC. The first-order valence-electron chi connectivity index (χ1n) is 11.1. The Morgan fingerprint density at radius 1 is 1.12 bits per heavy atom. The molecule has 1 atom stereocenters. The number of carbonyl (C=O) groups is 3. The zero-order valence-electron chi connectivity index (χ0n) is 20.6. The molecular weight excluding hydrogens is 424 g/mol. The second-order valence-electron chi connectivity index (χ2n) is 7.66. The average molecular weight is 459 g/mol. The van der Waals surface area contributed by atoms with Gasteiger partial charge in [-0.3, -0.25) is 9.59 Å². The summed E-state index contributed by atoms with van der Waals surface area (Å²) in [5.41, 5.74) is 2.46. The van der Waals surface area contributed by atoms with Gasteiger partial charge in [0, 0.05) is 37.0 Å². The topological polar surface area (TPSA) is 87.1 Å². The van der Waals surface area contributed by atoms with Crippen molar-refractivity contribution in [1.82, 2.24) is 9.47 Å². The fourth-order valence-electron chi connectivity index (χ4n) is 4.05. The molecule has 0 aliphatic heterocycles. The van der Waals surface area contributed by atoms with E-state index < -0.39 is 12.0 Å². The molecule has 0 fully saturated rings. The number of carbonyl (C=O) groups excluding carboxylic acids is 3. The highest BCUT2D eigenvalue weighted by atomic mass is 16.5. The maximum Gasteiger partial charge on any atom is 0.355 e. The van der Waals surface area contributed by atoms with E-state index in [2.05, 4.69) is 0 Å². The van der Waals surface area contributed by atoms with Crippen molar-refractivity contribution in [3.05, 3.63) is 52.3 Å². The van der Waals surface area contributed by atoms with Gasteiger partial charge in [-0.15, -0.1) is 0 Å². The summed E-state index contributed by atoms with van der Waals surface area (Å²) >= 11 is 0. The Labute approximate surface area is 195 Å². The summed E-state index contributed by atoms with van der Waals surface area (Å²) in [4.78, 5) is 41.1. The third kappa shape index (κ3) is 5.45. The Morgan fingerprint density at radius 2 is 1.82 bits per heavy atom. The molecule has 2 aromatic rings. The lowest BCUT2D eigenvalue weighted by molar-refractivity contribution is 0.0512. The Kier molecular flexibility index (Phi) is 9.22. The van der Waals surface area contributed by atoms with E-state index in [1.165, 1.54) is 12.0 Å². The minimum Gasteiger partial charge on any atom is -0.497 e. The molecule has 1 unspecified atom stereocenters. The molecule has 0 radical (unpaired) electrons. The largest absolute Gasteiger partial charge is 0.497 e. The van der Waals surface area contributed by atoms with E-state index in [0.717, 1.165) is 0 Å². The Morgan fingerprint density at radius 3 is 2.39 bits per heavy atom. The minimum atomic E-state index is -0.779. The van der Waals surface area contributed by atoms with Gasteiger partial charge in [-0.05, 0) is 58.4 Å². The third-order valence-corrected chi connectivity index (χ3v) is 5.76. The van der Waals surface area contributed by atoms with Gasteiger partial charge in [-0.2, -0.15) is 0 Å². The van der Waals surface area contributed by atoms with E-state index in [1.807, 2.05) is 13.8 Å². The fraction of sp³-hybridized carbons (Fsp3) is 0.480. The average Bonchev–Trinajstić information content (AvgIpc) is 3.07. The van der Waals surface area contributed by atoms with Gasteiger partial charge in [-0.25, -0.2) is 4.79 Å². The fourth-order valence-corrected chi connectivity index (χ4v) is 4.05. The highest BCUT2D eigenvalue weighted by Gasteiger charge is 2.33. The van der Waals surface area contributed by atoms with E-state index in [0.29, 0.717) is 40.4 Å². The van der Waals surface area contributed by atoms with Crippen LogP contribution in [0.15, 0.2) is 24.3 Å². The summed E-state index contributed by atoms with van der Waals surface area (Å²) in [6.45, 7) is 10.2. The van der Waals surface area contributed by atoms with Crippen molar-refractivity contribution >= 4 is 17.7 Å². The molecule has 0 spiro atoms. The summed E-state index contributed by atoms with van der Waals surface area (Å²) < 4.78 is 17.4. The molecule has 1 aromatic heterocycles. The van der Waals surface area contributed by atoms with Crippen LogP contribution in [0.25, 0.3) is 0 Å². The molecule has 180 valence electrons. The van der Waals surface area contributed by atoms with E-state index in [9.17, 15) is 14.4 Å². The Balaban J connectivity index is 2.49. The van der Waals surface area contributed by atoms with Gasteiger partial charge in [0.1, 0.15) is 11.4 Å². The Hall–Kier alpha value is -3.13. The van der Waals surface area contributed by atoms with Crippen LogP contribution >= 0.6 is 0 Å². The lowest BCUT2D eigenvalue weighted by Gasteiger charge is -2.28. The lowest BCUT2D eigenvalue weighted by atomic mass is 9.99. The van der Waals surface area contributed by atoms with Crippen LogP contribution in [0.4, 0.5) is 0 Å². The first-order chi connectivity index (χ1) is 15.7. The number of Topliss-reactive ketones (excluding diaryl/α,β-unsaturated/α-hetero) is 1. The third-order valence-electron chi connectivity index (χ3n) is 5.76. The van der Waals surface area contributed by atoms with E-state index in [-0.39, 0.29) is 31.4 Å². The zero-order chi connectivity index (χ0) is 24.7. The van der Waals surface area contributed by atoms with Crippen LogP contribution in [0.2, 0.25) is 0 Å². The molecule has 0 aliphatic carbocycles. The molecule has 8 heteroatoms. The number of esters is 1. The predicted octanol–water partition coefficient (Wildman–Crippen LogP) is 3.67. The van der Waals surface area contributed by atoms with Crippen molar-refractivity contribution in [3.63, 3.8) is 0 Å². The maximum atomic E-state index is 13.7. The number of ether oxygens (including phenoxy) is 3. The highest BCUT2D eigenvalue weighted by Crippen LogP contribution is 2.26. The van der Waals surface area contributed by atoms with Crippen LogP contribution in [-0.4, -0.2) is 67.1 Å². The van der Waals surface area contributed by atoms with Gasteiger partial charge in [0.05, 0.1) is 26.4 Å². The Bertz CT molecular complexity index is 1010. The van der Waals surface area contributed by atoms with Gasteiger partial charge < -0.3 is 23.7 Å². The van der Waals surface area contributed by atoms with Crippen LogP contribution in [-0.2, 0) is 16.0 Å². The van der Waals surface area contributed by atoms with E-state index in [1.54, 1.807) is 56.7 Å². The molecule has 0 N–H and O–H groups in total. The number of aromatic nitrogens is 1. The summed E-state index contributed by atoms with van der Waals surface area (Å²) in [6, 6.07) is 6.03. The highest BCUT2D eigenvalue weighted by molar-refractivity contribution is 6.07. The molecule has 1 aromatic carbocycles. The van der Waals surface area contributed by atoms with Crippen LogP contribution in [0.3, 0.4) is 0 Å². The number of amides is 1. The van der Waals surface area contributed by atoms with Crippen molar-refractivity contribution in [1.29, 1.82) is 0 Å². The summed E-state index contributed by atoms with van der Waals surface area (Å²) in [5.74, 6) is -0.453. The number of hydrogen-bond acceptors (Lipinski definition) is 6. The van der Waals surface area contributed by atoms with Crippen molar-refractivity contribution < 1.29 is 28.6 Å². The van der Waals surface area contributed by atoms with Gasteiger partial charge in [0.2, 0.25) is 0 Å². The number of benzene rings is 1. The summed E-state index contributed by atoms with van der Waals surface area (Å²) in [6.07, 6.45) is 0. The maximum absolute atomic E-state index is 13.7. The van der Waals surface area contributed by atoms with Crippen molar-refractivity contribution in [2.45, 2.75) is 47.2 Å². The lowest BCUT2D eigenvalue weighted by Crippen LogP contribution is -2.45. The van der Waals surface area contributed by atoms with E-state index in [4.69, 9.17) is 14.2 Å². The second kappa shape index (κ2) is 11.7. The van der Waals surface area contributed by atoms with Gasteiger partial charge in [0.25, 0.3) is 5.91 Å². The van der Waals surface area contributed by atoms with Crippen molar-refractivity contribution in [3.8, 4) is 5.75 Å². The number of hydrogen-bond donors (Lipinski definition) is 0. The molecule has 33 heavy (non-hydrogen) atoms. The van der Waals surface area contributed by atoms with E-state index >= 15 is 0 Å². The van der Waals surface area contributed by atoms with Gasteiger partial charge in [0.15, 0.2) is 5.78 Å². The smallest absolute Gasteiger partial charge is 0.355 e. The number of rotatable bonds is 11. The molecule has 8 nitrogen and oxygen atoms in total. The number of nitrogens with zero attached hydrogens (tertiary/aromatic N) is 2. The summed E-state index contributed by atoms with van der Waals surface area (Å²) in [5, 5.41) is 0. The number of methoxy groups -OCH3 is 2. The molecule has 2 rings (SSSR count). The minimum absolute atomic E-state index is 0.233. The van der Waals surface area contributed by atoms with Gasteiger partial charge >= 0.3 is 5.97 Å². The molecule has 0 aliphatic rings. The van der Waals surface area contributed by atoms with Crippen LogP contribution in [0, 0.1) is 13.8 Å². The standard InChI is InChI=1S/C25H34N2O6/c1-8-26-17(4)21(16(3)22(26)25(30)33-9-2)23(28)18(5)27(13-14-31-6)24(29)19-11-10-12-20(15-19)32-7/h10-12,15,18H,8-9,13-14H2,1-7H3. The van der Waals surface area contributed by atoms with Crippen molar-refractivity contribution in [2.75, 3.05) is 34.0 Å². The summed E-state index contributed by atoms with van der Waals surface area (Å²) in [7, 11) is 3.07. The molecular formula is C25H34N2O6. The first-order valence-corrected chi connectivity index (χ1v) is 11.1. The van der Waals surface area contributed by atoms with Gasteiger partial charge in [-0.1, -0.05) is 6.07 Å². The first kappa shape index (κ1) is 26.1. The molecule has 1 amide bonds. The monoisotopic (exact) mass is 458 g/mol. The molecule has 1 heterocycles. The molecule has 0 saturated carbocycles. The molecule has 0 bridgehead atoms. The quantitative estimate of drug-likeness (QED) is 0.377. The van der Waals surface area contributed by atoms with Crippen LogP contribution in [0.5, 0.6) is 5.75 Å². The zero-order valence-corrected chi connectivity index (χ0v) is 20.6. The van der Waals surface area contributed by atoms with Crippen LogP contribution < -0.4 is 4.74 Å². The molecule has 0 saturated heterocycles. The van der Waals surface area contributed by atoms with Crippen molar-refractivity contribution in [2.24, 2.45) is 0 Å². The normalized spacial score (nSPS) is 11.7. The second-order valence-corrected chi connectivity index (χ2v) is 7.66. The number of ketones is 1.